The number of nitrogens with one attached hydrogen (secondary N) is 1. The largest absolute Gasteiger partial charge is 3.00 e. The van der Waals surface area contributed by atoms with Crippen molar-refractivity contribution in [3.8, 4) is 0 Å². The summed E-state index contributed by atoms with van der Waals surface area (Å²) >= 11 is 0. The van der Waals surface area contributed by atoms with E-state index < -0.39 is 37.7 Å². The van der Waals surface area contributed by atoms with E-state index in [2.05, 4.69) is 4.72 Å². The molecular weight excluding hydrogens is 606 g/mol. The van der Waals surface area contributed by atoms with Crippen LogP contribution in [0.5, 0.6) is 0 Å². The van der Waals surface area contributed by atoms with Gasteiger partial charge in [-0.3, -0.25) is 4.55 Å². The molecule has 197 valence electrons. The van der Waals surface area contributed by atoms with E-state index in [-0.39, 0.29) is 31.8 Å². The standard InChI is InChI=1S/C21H20N2O2S.CHF3O3S.CH3.Ru/c1-16-12-14-19(15-13-16)26(24,25)23-21(18-10-6-3-7-11-18)20(22)17-8-4-2-5-9-17;2-1(3,4)8(5,6)7;;/h2-15,20-22H,1H3;(H,5,6,7);1H3;/q-2;;-1;+3/t20-,21-;;;/m0.../s1. The van der Waals surface area contributed by atoms with Crippen molar-refractivity contribution in [2.45, 2.75) is 29.4 Å². The predicted octanol–water partition coefficient (Wildman–Crippen LogP) is 6.43. The van der Waals surface area contributed by atoms with Crippen LogP contribution in [0.4, 0.5) is 13.2 Å². The van der Waals surface area contributed by atoms with Crippen LogP contribution in [0, 0.1) is 14.4 Å². The second-order valence-electron chi connectivity index (χ2n) is 7.06. The van der Waals surface area contributed by atoms with Crippen LogP contribution in [-0.2, 0) is 39.6 Å². The predicted molar refractivity (Wildman–Crippen MR) is 128 cm³/mol. The molecular formula is C23H24F3N2O5RuS2. The number of alkyl halides is 3. The van der Waals surface area contributed by atoms with Gasteiger partial charge in [-0.2, -0.15) is 21.6 Å². The Kier molecular flexibility index (Phi) is 13.1. The van der Waals surface area contributed by atoms with Gasteiger partial charge < -0.3 is 17.9 Å². The van der Waals surface area contributed by atoms with Gasteiger partial charge in [0.2, 0.25) is 0 Å². The molecule has 0 aliphatic carbocycles. The molecule has 0 heterocycles. The zero-order valence-electron chi connectivity index (χ0n) is 19.1. The molecule has 1 radical (unpaired) electrons. The first-order chi connectivity index (χ1) is 15.7. The van der Waals surface area contributed by atoms with Gasteiger partial charge in [-0.1, -0.05) is 89.5 Å². The maximum atomic E-state index is 12.8. The van der Waals surface area contributed by atoms with Crippen LogP contribution in [0.1, 0.15) is 28.8 Å². The van der Waals surface area contributed by atoms with Gasteiger partial charge in [0.05, 0.1) is 0 Å². The third-order valence-electron chi connectivity index (χ3n) is 4.48. The maximum absolute atomic E-state index is 12.8. The molecule has 3 aromatic rings. The quantitative estimate of drug-likeness (QED) is 0.145. The molecule has 13 heteroatoms. The SMILES string of the molecule is Cc1ccc(S(=O)(=O)[N-][C@@H](c2ccccc2)[C@@H]([NH-])c2ccccc2)cc1.O=S(=O)(O)C(F)(F)F.[CH3-].[Ru+3]. The Balaban J connectivity index is 0.00000107. The summed E-state index contributed by atoms with van der Waals surface area (Å²) in [6, 6.07) is 23.3. The van der Waals surface area contributed by atoms with Crippen molar-refractivity contribution in [1.82, 2.24) is 0 Å². The van der Waals surface area contributed by atoms with E-state index in [0.29, 0.717) is 5.56 Å². The zero-order chi connectivity index (χ0) is 25.6. The van der Waals surface area contributed by atoms with E-state index in [1.54, 1.807) is 24.3 Å². The molecule has 2 N–H and O–H groups in total. The van der Waals surface area contributed by atoms with E-state index in [1.807, 2.05) is 67.6 Å². The second kappa shape index (κ2) is 14.0. The van der Waals surface area contributed by atoms with E-state index in [0.717, 1.165) is 11.1 Å². The molecule has 2 atom stereocenters. The first-order valence-electron chi connectivity index (χ1n) is 9.61. The maximum Gasteiger partial charge on any atom is 3.00 e. The number of aryl methyl sites for hydroxylation is 1. The summed E-state index contributed by atoms with van der Waals surface area (Å²) in [7, 11) is -9.71. The summed E-state index contributed by atoms with van der Waals surface area (Å²) in [5.41, 5.74) is 5.50. The first kappa shape index (κ1) is 33.9. The smallest absolute Gasteiger partial charge is 0.672 e. The van der Waals surface area contributed by atoms with E-state index in [1.165, 1.54) is 0 Å². The van der Waals surface area contributed by atoms with Crippen LogP contribution in [0.25, 0.3) is 10.5 Å². The Hall–Kier alpha value is -2.15. The molecule has 0 saturated heterocycles. The average Bonchev–Trinajstić information content (AvgIpc) is 2.78. The van der Waals surface area contributed by atoms with Gasteiger partial charge in [-0.05, 0) is 19.1 Å². The summed E-state index contributed by atoms with van der Waals surface area (Å²) in [4.78, 5) is 0.143. The van der Waals surface area contributed by atoms with Crippen LogP contribution >= 0.6 is 0 Å². The van der Waals surface area contributed by atoms with Crippen LogP contribution in [0.2, 0.25) is 0 Å². The van der Waals surface area contributed by atoms with Crippen molar-refractivity contribution in [2.24, 2.45) is 0 Å². The molecule has 0 bridgehead atoms. The topological polar surface area (TPSA) is 126 Å². The number of rotatable bonds is 6. The third kappa shape index (κ3) is 9.72. The fraction of sp³-hybridized carbons (Fsp3) is 0.174. The fourth-order valence-electron chi connectivity index (χ4n) is 2.73. The summed E-state index contributed by atoms with van der Waals surface area (Å²) in [6.45, 7) is 1.90. The number of hydrogen-bond donors (Lipinski definition) is 1. The Morgan fingerprint density at radius 1 is 0.806 bits per heavy atom. The summed E-state index contributed by atoms with van der Waals surface area (Å²) in [5.74, 6) is 0. The van der Waals surface area contributed by atoms with E-state index >= 15 is 0 Å². The van der Waals surface area contributed by atoms with Gasteiger partial charge in [0, 0.05) is 4.90 Å². The normalized spacial score (nSPS) is 13.2. The van der Waals surface area contributed by atoms with Crippen LogP contribution in [0.15, 0.2) is 89.8 Å². The summed E-state index contributed by atoms with van der Waals surface area (Å²) in [5, 5.41) is 0. The molecule has 0 aromatic heterocycles. The van der Waals surface area contributed by atoms with Crippen LogP contribution < -0.4 is 0 Å². The first-order valence-corrected chi connectivity index (χ1v) is 12.5. The summed E-state index contributed by atoms with van der Waals surface area (Å²) in [6.07, 6.45) is 0. The fourth-order valence-corrected chi connectivity index (χ4v) is 3.87. The van der Waals surface area contributed by atoms with Gasteiger partial charge in [-0.25, -0.2) is 8.42 Å². The molecule has 36 heavy (non-hydrogen) atoms. The van der Waals surface area contributed by atoms with Crippen molar-refractivity contribution in [3.63, 3.8) is 0 Å². The minimum atomic E-state index is -5.84. The second-order valence-corrected chi connectivity index (χ2v) is 10.1. The Morgan fingerprint density at radius 3 is 1.58 bits per heavy atom. The molecule has 0 aliphatic heterocycles. The third-order valence-corrected chi connectivity index (χ3v) is 6.44. The number of sulfonamides is 1. The molecule has 0 aliphatic rings. The zero-order valence-corrected chi connectivity index (χ0v) is 22.4. The Bertz CT molecular complexity index is 1270. The van der Waals surface area contributed by atoms with Crippen molar-refractivity contribution >= 4 is 20.1 Å². The average molecular weight is 631 g/mol. The molecule has 0 fully saturated rings. The minimum absolute atomic E-state index is 0. The van der Waals surface area contributed by atoms with Gasteiger partial charge in [0.1, 0.15) is 10.0 Å². The van der Waals surface area contributed by atoms with Gasteiger partial charge in [0.15, 0.2) is 0 Å². The monoisotopic (exact) mass is 631 g/mol. The summed E-state index contributed by atoms with van der Waals surface area (Å²) < 4.78 is 87.3. The molecule has 0 saturated carbocycles. The number of hydrogen-bond acceptors (Lipinski definition) is 4. The Morgan fingerprint density at radius 2 is 1.19 bits per heavy atom. The molecule has 3 aromatic carbocycles. The van der Waals surface area contributed by atoms with Gasteiger partial charge >= 0.3 is 35.1 Å². The van der Waals surface area contributed by atoms with E-state index in [9.17, 15) is 21.6 Å². The molecule has 0 amide bonds. The van der Waals surface area contributed by atoms with E-state index in [4.69, 9.17) is 18.7 Å². The minimum Gasteiger partial charge on any atom is -0.672 e. The number of benzene rings is 3. The number of nitrogens with zero attached hydrogens (tertiary/aromatic N) is 1. The molecule has 3 rings (SSSR count). The van der Waals surface area contributed by atoms with Crippen molar-refractivity contribution < 1.29 is 54.0 Å². The van der Waals surface area contributed by atoms with Crippen molar-refractivity contribution in [2.75, 3.05) is 0 Å². The molecule has 0 unspecified atom stereocenters. The number of halogens is 3. The molecule has 0 spiro atoms. The van der Waals surface area contributed by atoms with Crippen LogP contribution in [-0.4, -0.2) is 26.9 Å². The molecule has 7 nitrogen and oxygen atoms in total. The van der Waals surface area contributed by atoms with Gasteiger partial charge in [-0.15, -0.1) is 12.1 Å². The Labute approximate surface area is 222 Å². The van der Waals surface area contributed by atoms with Crippen molar-refractivity contribution in [3.05, 3.63) is 120 Å². The van der Waals surface area contributed by atoms with Crippen LogP contribution in [0.3, 0.4) is 0 Å². The van der Waals surface area contributed by atoms with Gasteiger partial charge in [0.25, 0.3) is 0 Å². The van der Waals surface area contributed by atoms with Crippen molar-refractivity contribution in [1.29, 1.82) is 0 Å².